The van der Waals surface area contributed by atoms with Crippen molar-refractivity contribution >= 4 is 22.6 Å². The number of alkyl halides is 1. The summed E-state index contributed by atoms with van der Waals surface area (Å²) in [5.41, 5.74) is 1.66. The van der Waals surface area contributed by atoms with Gasteiger partial charge < -0.3 is 5.11 Å². The molecule has 0 saturated carbocycles. The summed E-state index contributed by atoms with van der Waals surface area (Å²) in [6.45, 7) is 12.9. The second kappa shape index (κ2) is 7.26. The average molecular weight is 388 g/mol. The van der Waals surface area contributed by atoms with Crippen LogP contribution >= 0.6 is 22.6 Å². The second-order valence-electron chi connectivity index (χ2n) is 6.79. The first-order valence-electron chi connectivity index (χ1n) is 7.63. The zero-order valence-electron chi connectivity index (χ0n) is 13.7. The molecule has 3 atom stereocenters. The van der Waals surface area contributed by atoms with Gasteiger partial charge in [-0.15, -0.1) is 0 Å². The van der Waals surface area contributed by atoms with Gasteiger partial charge in [0, 0.05) is 3.92 Å². The fourth-order valence-electron chi connectivity index (χ4n) is 2.54. The topological polar surface area (TPSA) is 20.2 Å². The lowest BCUT2D eigenvalue weighted by molar-refractivity contribution is 0.00903. The molecule has 0 saturated heterocycles. The van der Waals surface area contributed by atoms with Crippen molar-refractivity contribution in [3.8, 4) is 0 Å². The SMILES string of the molecule is CC(I)CC(c1ccc(C(C)(O)C(C)C)cc1)C(C)C. The highest BCUT2D eigenvalue weighted by Crippen LogP contribution is 2.34. The Kier molecular flexibility index (Phi) is 6.52. The number of hydrogen-bond acceptors (Lipinski definition) is 1. The summed E-state index contributed by atoms with van der Waals surface area (Å²) in [6, 6.07) is 8.61. The molecule has 1 aromatic rings. The molecular formula is C18H29IO. The van der Waals surface area contributed by atoms with Crippen molar-refractivity contribution in [1.29, 1.82) is 0 Å². The standard InChI is InChI=1S/C18H29IO/c1-12(2)17(11-14(5)19)15-7-9-16(10-8-15)18(6,20)13(3)4/h7-10,12-14,17,20H,11H2,1-6H3. The van der Waals surface area contributed by atoms with E-state index in [1.54, 1.807) is 0 Å². The summed E-state index contributed by atoms with van der Waals surface area (Å²) in [5, 5.41) is 10.5. The lowest BCUT2D eigenvalue weighted by Gasteiger charge is -2.29. The molecule has 0 aliphatic carbocycles. The Morgan fingerprint density at radius 2 is 1.55 bits per heavy atom. The molecule has 0 spiro atoms. The Morgan fingerprint density at radius 3 is 1.90 bits per heavy atom. The molecule has 0 fully saturated rings. The molecule has 0 radical (unpaired) electrons. The first-order valence-corrected chi connectivity index (χ1v) is 8.87. The van der Waals surface area contributed by atoms with Crippen LogP contribution in [0.15, 0.2) is 24.3 Å². The van der Waals surface area contributed by atoms with Crippen LogP contribution in [0.1, 0.15) is 65.0 Å². The van der Waals surface area contributed by atoms with Crippen LogP contribution in [0, 0.1) is 11.8 Å². The second-order valence-corrected chi connectivity index (χ2v) is 8.92. The van der Waals surface area contributed by atoms with E-state index in [0.717, 1.165) is 5.56 Å². The van der Waals surface area contributed by atoms with E-state index in [1.807, 2.05) is 6.92 Å². The van der Waals surface area contributed by atoms with Crippen molar-refractivity contribution in [2.24, 2.45) is 11.8 Å². The van der Waals surface area contributed by atoms with Gasteiger partial charge in [0.25, 0.3) is 0 Å². The summed E-state index contributed by atoms with van der Waals surface area (Å²) >= 11 is 2.51. The molecule has 0 heterocycles. The molecule has 1 nitrogen and oxygen atoms in total. The normalized spacial score (nSPS) is 18.1. The summed E-state index contributed by atoms with van der Waals surface area (Å²) in [5.74, 6) is 1.45. The quantitative estimate of drug-likeness (QED) is 0.504. The van der Waals surface area contributed by atoms with Gasteiger partial charge in [-0.2, -0.15) is 0 Å². The van der Waals surface area contributed by atoms with Gasteiger partial charge in [-0.25, -0.2) is 0 Å². The minimum Gasteiger partial charge on any atom is -0.385 e. The predicted molar refractivity (Wildman–Crippen MR) is 96.5 cm³/mol. The van der Waals surface area contributed by atoms with Crippen molar-refractivity contribution in [3.05, 3.63) is 35.4 Å². The summed E-state index contributed by atoms with van der Waals surface area (Å²) in [4.78, 5) is 0. The van der Waals surface area contributed by atoms with Crippen molar-refractivity contribution in [2.45, 2.75) is 63.4 Å². The molecule has 1 aromatic carbocycles. The van der Waals surface area contributed by atoms with Crippen molar-refractivity contribution in [1.82, 2.24) is 0 Å². The molecule has 3 unspecified atom stereocenters. The van der Waals surface area contributed by atoms with Crippen LogP contribution in [0.3, 0.4) is 0 Å². The molecule has 0 aliphatic rings. The highest BCUT2D eigenvalue weighted by Gasteiger charge is 2.27. The molecule has 2 heteroatoms. The molecule has 1 rings (SSSR count). The highest BCUT2D eigenvalue weighted by molar-refractivity contribution is 14.1. The summed E-state index contributed by atoms with van der Waals surface area (Å²) < 4.78 is 0.679. The van der Waals surface area contributed by atoms with Gasteiger partial charge in [0.2, 0.25) is 0 Å². The fourth-order valence-corrected chi connectivity index (χ4v) is 3.09. The van der Waals surface area contributed by atoms with E-state index < -0.39 is 5.60 Å². The minimum atomic E-state index is -0.748. The minimum absolute atomic E-state index is 0.212. The maximum absolute atomic E-state index is 10.5. The van der Waals surface area contributed by atoms with Gasteiger partial charge in [0.05, 0.1) is 5.60 Å². The van der Waals surface area contributed by atoms with Gasteiger partial charge in [0.15, 0.2) is 0 Å². The van der Waals surface area contributed by atoms with Gasteiger partial charge in [-0.05, 0) is 42.2 Å². The monoisotopic (exact) mass is 388 g/mol. The zero-order chi connectivity index (χ0) is 15.5. The largest absolute Gasteiger partial charge is 0.385 e. The Bertz CT molecular complexity index is 404. The average Bonchev–Trinajstić information content (AvgIpc) is 2.35. The third kappa shape index (κ3) is 4.45. The van der Waals surface area contributed by atoms with Crippen LogP contribution in [0.2, 0.25) is 0 Å². The first-order chi connectivity index (χ1) is 9.16. The van der Waals surface area contributed by atoms with Crippen molar-refractivity contribution in [3.63, 3.8) is 0 Å². The van der Waals surface area contributed by atoms with Crippen LogP contribution in [0.25, 0.3) is 0 Å². The van der Waals surface area contributed by atoms with Gasteiger partial charge in [-0.3, -0.25) is 0 Å². The van der Waals surface area contributed by atoms with Gasteiger partial charge in [-0.1, -0.05) is 81.5 Å². The van der Waals surface area contributed by atoms with E-state index in [0.29, 0.717) is 15.8 Å². The van der Waals surface area contributed by atoms with E-state index in [4.69, 9.17) is 0 Å². The number of benzene rings is 1. The number of rotatable bonds is 6. The smallest absolute Gasteiger partial charge is 0.0891 e. The number of halogens is 1. The maximum atomic E-state index is 10.5. The number of hydrogen-bond donors (Lipinski definition) is 1. The molecule has 0 aromatic heterocycles. The van der Waals surface area contributed by atoms with Crippen molar-refractivity contribution in [2.75, 3.05) is 0 Å². The highest BCUT2D eigenvalue weighted by atomic mass is 127. The van der Waals surface area contributed by atoms with Crippen molar-refractivity contribution < 1.29 is 5.11 Å². The van der Waals surface area contributed by atoms with Gasteiger partial charge >= 0.3 is 0 Å². The first kappa shape index (κ1) is 18.0. The van der Waals surface area contributed by atoms with Crippen LogP contribution in [-0.2, 0) is 5.60 Å². The van der Waals surface area contributed by atoms with E-state index in [1.165, 1.54) is 12.0 Å². The third-order valence-electron chi connectivity index (χ3n) is 4.43. The number of aliphatic hydroxyl groups is 1. The van der Waals surface area contributed by atoms with E-state index in [2.05, 4.69) is 81.5 Å². The van der Waals surface area contributed by atoms with E-state index in [-0.39, 0.29) is 5.92 Å². The molecule has 0 amide bonds. The summed E-state index contributed by atoms with van der Waals surface area (Å²) in [7, 11) is 0. The van der Waals surface area contributed by atoms with Crippen LogP contribution in [0.5, 0.6) is 0 Å². The molecule has 20 heavy (non-hydrogen) atoms. The molecule has 0 aliphatic heterocycles. The predicted octanol–water partition coefficient (Wildman–Crippen LogP) is 5.50. The lowest BCUT2D eigenvalue weighted by Crippen LogP contribution is -2.27. The molecule has 114 valence electrons. The van der Waals surface area contributed by atoms with Crippen LogP contribution in [-0.4, -0.2) is 9.03 Å². The maximum Gasteiger partial charge on any atom is 0.0891 e. The van der Waals surface area contributed by atoms with Crippen LogP contribution in [0.4, 0.5) is 0 Å². The molecule has 0 bridgehead atoms. The lowest BCUT2D eigenvalue weighted by atomic mass is 9.81. The fraction of sp³-hybridized carbons (Fsp3) is 0.667. The Labute approximate surface area is 138 Å². The molecular weight excluding hydrogens is 359 g/mol. The van der Waals surface area contributed by atoms with Gasteiger partial charge in [0.1, 0.15) is 0 Å². The van der Waals surface area contributed by atoms with Crippen LogP contribution < -0.4 is 0 Å². The molecule has 1 N–H and O–H groups in total. The summed E-state index contributed by atoms with van der Waals surface area (Å²) in [6.07, 6.45) is 1.21. The Morgan fingerprint density at radius 1 is 1.05 bits per heavy atom. The third-order valence-corrected chi connectivity index (χ3v) is 4.94. The Balaban J connectivity index is 3.00. The zero-order valence-corrected chi connectivity index (χ0v) is 15.8. The van der Waals surface area contributed by atoms with E-state index in [9.17, 15) is 5.11 Å². The Hall–Kier alpha value is -0.0900. The van der Waals surface area contributed by atoms with E-state index >= 15 is 0 Å².